The Morgan fingerprint density at radius 2 is 1.95 bits per heavy atom. The molecule has 1 heterocycles. The van der Waals surface area contributed by atoms with Crippen molar-refractivity contribution < 1.29 is 4.74 Å². The molecule has 1 aromatic carbocycles. The zero-order valence-corrected chi connectivity index (χ0v) is 13.9. The lowest BCUT2D eigenvalue weighted by Crippen LogP contribution is -2.36. The predicted octanol–water partition coefficient (Wildman–Crippen LogP) is 4.57. The standard InChI is InChI=1S/C19H29NO/c1-18(2)10-6-5-7-14(18)17(20)13-8-9-16-15(11-13)19(3,4)12-21-16/h8-9,11,14,17H,5-7,10,12,20H2,1-4H3. The lowest BCUT2D eigenvalue weighted by atomic mass is 9.65. The average molecular weight is 287 g/mol. The van der Waals surface area contributed by atoms with E-state index in [1.54, 1.807) is 0 Å². The van der Waals surface area contributed by atoms with Gasteiger partial charge in [-0.2, -0.15) is 0 Å². The first-order chi connectivity index (χ1) is 9.81. The summed E-state index contributed by atoms with van der Waals surface area (Å²) in [6.45, 7) is 10.0. The number of nitrogens with two attached hydrogens (primary N) is 1. The van der Waals surface area contributed by atoms with Crippen molar-refractivity contribution in [3.8, 4) is 5.75 Å². The summed E-state index contributed by atoms with van der Waals surface area (Å²) in [4.78, 5) is 0. The van der Waals surface area contributed by atoms with Gasteiger partial charge in [0.25, 0.3) is 0 Å². The third kappa shape index (κ3) is 2.59. The Balaban J connectivity index is 1.90. The van der Waals surface area contributed by atoms with E-state index in [9.17, 15) is 0 Å². The maximum Gasteiger partial charge on any atom is 0.123 e. The van der Waals surface area contributed by atoms with E-state index in [1.807, 2.05) is 0 Å². The molecule has 0 aromatic heterocycles. The number of hydrogen-bond donors (Lipinski definition) is 1. The first-order valence-electron chi connectivity index (χ1n) is 8.34. The topological polar surface area (TPSA) is 35.2 Å². The van der Waals surface area contributed by atoms with Crippen LogP contribution in [-0.2, 0) is 5.41 Å². The molecule has 116 valence electrons. The van der Waals surface area contributed by atoms with E-state index in [0.29, 0.717) is 11.3 Å². The summed E-state index contributed by atoms with van der Waals surface area (Å²) in [6, 6.07) is 6.74. The van der Waals surface area contributed by atoms with Crippen LogP contribution < -0.4 is 10.5 Å². The largest absolute Gasteiger partial charge is 0.492 e. The van der Waals surface area contributed by atoms with E-state index in [0.717, 1.165) is 12.4 Å². The molecule has 2 nitrogen and oxygen atoms in total. The van der Waals surface area contributed by atoms with Gasteiger partial charge in [0.1, 0.15) is 5.75 Å². The van der Waals surface area contributed by atoms with Crippen LogP contribution in [0, 0.1) is 11.3 Å². The highest BCUT2D eigenvalue weighted by molar-refractivity contribution is 5.46. The number of rotatable bonds is 2. The molecule has 21 heavy (non-hydrogen) atoms. The van der Waals surface area contributed by atoms with Gasteiger partial charge in [-0.25, -0.2) is 0 Å². The number of benzene rings is 1. The van der Waals surface area contributed by atoms with Gasteiger partial charge < -0.3 is 10.5 Å². The molecule has 0 saturated heterocycles. The van der Waals surface area contributed by atoms with Crippen molar-refractivity contribution in [1.82, 2.24) is 0 Å². The summed E-state index contributed by atoms with van der Waals surface area (Å²) in [5.41, 5.74) is 9.75. The molecule has 0 radical (unpaired) electrons. The maximum atomic E-state index is 6.69. The molecule has 1 aliphatic carbocycles. The molecular weight excluding hydrogens is 258 g/mol. The van der Waals surface area contributed by atoms with Gasteiger partial charge in [-0.1, -0.05) is 46.6 Å². The monoisotopic (exact) mass is 287 g/mol. The summed E-state index contributed by atoms with van der Waals surface area (Å²) < 4.78 is 5.79. The smallest absolute Gasteiger partial charge is 0.123 e. The van der Waals surface area contributed by atoms with Crippen LogP contribution in [0.5, 0.6) is 5.75 Å². The van der Waals surface area contributed by atoms with Gasteiger partial charge in [-0.05, 0) is 41.9 Å². The van der Waals surface area contributed by atoms with Crippen molar-refractivity contribution in [2.45, 2.75) is 64.8 Å². The zero-order chi connectivity index (χ0) is 15.3. The van der Waals surface area contributed by atoms with Crippen molar-refractivity contribution in [3.05, 3.63) is 29.3 Å². The van der Waals surface area contributed by atoms with Crippen LogP contribution in [0.2, 0.25) is 0 Å². The Kier molecular flexibility index (Phi) is 3.56. The van der Waals surface area contributed by atoms with Crippen LogP contribution in [0.4, 0.5) is 0 Å². The molecule has 2 N–H and O–H groups in total. The quantitative estimate of drug-likeness (QED) is 0.864. The summed E-state index contributed by atoms with van der Waals surface area (Å²) >= 11 is 0. The van der Waals surface area contributed by atoms with E-state index < -0.39 is 0 Å². The lowest BCUT2D eigenvalue weighted by molar-refractivity contribution is 0.112. The van der Waals surface area contributed by atoms with Gasteiger partial charge in [0.15, 0.2) is 0 Å². The van der Waals surface area contributed by atoms with Crippen LogP contribution in [-0.4, -0.2) is 6.61 Å². The van der Waals surface area contributed by atoms with Crippen molar-refractivity contribution in [2.24, 2.45) is 17.1 Å². The third-order valence-corrected chi connectivity index (χ3v) is 5.73. The number of fused-ring (bicyclic) bond motifs is 1. The average Bonchev–Trinajstić information content (AvgIpc) is 2.73. The Morgan fingerprint density at radius 3 is 2.67 bits per heavy atom. The second kappa shape index (κ2) is 5.01. The van der Waals surface area contributed by atoms with E-state index in [2.05, 4.69) is 45.9 Å². The Labute approximate surface area is 129 Å². The molecule has 0 spiro atoms. The molecule has 1 aliphatic heterocycles. The number of hydrogen-bond acceptors (Lipinski definition) is 2. The van der Waals surface area contributed by atoms with Crippen LogP contribution in [0.25, 0.3) is 0 Å². The van der Waals surface area contributed by atoms with E-state index in [-0.39, 0.29) is 11.5 Å². The SMILES string of the molecule is CC1(C)COc2ccc(C(N)C3CCCCC3(C)C)cc21. The second-order valence-corrected chi connectivity index (χ2v) is 8.29. The van der Waals surface area contributed by atoms with Crippen molar-refractivity contribution in [3.63, 3.8) is 0 Å². The first-order valence-corrected chi connectivity index (χ1v) is 8.34. The van der Waals surface area contributed by atoms with E-state index in [1.165, 1.54) is 36.8 Å². The highest BCUT2D eigenvalue weighted by atomic mass is 16.5. The molecule has 1 aromatic rings. The molecule has 2 heteroatoms. The van der Waals surface area contributed by atoms with Crippen molar-refractivity contribution in [1.29, 1.82) is 0 Å². The van der Waals surface area contributed by atoms with Crippen LogP contribution in [0.1, 0.15) is 70.5 Å². The number of ether oxygens (including phenoxy) is 1. The summed E-state index contributed by atoms with van der Waals surface area (Å²) in [5, 5.41) is 0. The fourth-order valence-corrected chi connectivity index (χ4v) is 4.16. The molecule has 0 amide bonds. The second-order valence-electron chi connectivity index (χ2n) is 8.29. The van der Waals surface area contributed by atoms with Gasteiger partial charge in [0.05, 0.1) is 6.61 Å². The minimum atomic E-state index is 0.104. The van der Waals surface area contributed by atoms with E-state index >= 15 is 0 Å². The van der Waals surface area contributed by atoms with Gasteiger partial charge >= 0.3 is 0 Å². The predicted molar refractivity (Wildman–Crippen MR) is 87.6 cm³/mol. The van der Waals surface area contributed by atoms with Gasteiger partial charge in [0, 0.05) is 17.0 Å². The van der Waals surface area contributed by atoms with Crippen molar-refractivity contribution in [2.75, 3.05) is 6.61 Å². The summed E-state index contributed by atoms with van der Waals surface area (Å²) in [7, 11) is 0. The molecule has 0 bridgehead atoms. The fraction of sp³-hybridized carbons (Fsp3) is 0.684. The Morgan fingerprint density at radius 1 is 1.19 bits per heavy atom. The molecule has 1 saturated carbocycles. The Bertz CT molecular complexity index is 532. The molecule has 2 aliphatic rings. The normalized spacial score (nSPS) is 27.8. The first kappa shape index (κ1) is 14.9. The molecule has 1 fully saturated rings. The van der Waals surface area contributed by atoms with Crippen LogP contribution in [0.3, 0.4) is 0 Å². The minimum absolute atomic E-state index is 0.104. The molecule has 2 atom stereocenters. The summed E-state index contributed by atoms with van der Waals surface area (Å²) in [5.74, 6) is 1.62. The van der Waals surface area contributed by atoms with Gasteiger partial charge in [-0.15, -0.1) is 0 Å². The molecule has 3 rings (SSSR count). The van der Waals surface area contributed by atoms with Crippen LogP contribution >= 0.6 is 0 Å². The van der Waals surface area contributed by atoms with E-state index in [4.69, 9.17) is 10.5 Å². The fourth-order valence-electron chi connectivity index (χ4n) is 4.16. The van der Waals surface area contributed by atoms with Crippen molar-refractivity contribution >= 4 is 0 Å². The van der Waals surface area contributed by atoms with Gasteiger partial charge in [0.2, 0.25) is 0 Å². The maximum absolute atomic E-state index is 6.69. The highest BCUT2D eigenvalue weighted by Crippen LogP contribution is 2.47. The molecule has 2 unspecified atom stereocenters. The molecular formula is C19H29NO. The third-order valence-electron chi connectivity index (χ3n) is 5.73. The zero-order valence-electron chi connectivity index (χ0n) is 13.9. The highest BCUT2D eigenvalue weighted by Gasteiger charge is 2.38. The lowest BCUT2D eigenvalue weighted by Gasteiger charge is -2.42. The summed E-state index contributed by atoms with van der Waals surface area (Å²) in [6.07, 6.45) is 5.22. The minimum Gasteiger partial charge on any atom is -0.492 e. The van der Waals surface area contributed by atoms with Gasteiger partial charge in [-0.3, -0.25) is 0 Å². The van der Waals surface area contributed by atoms with Crippen LogP contribution in [0.15, 0.2) is 18.2 Å². The Hall–Kier alpha value is -1.02.